The number of sulfonamides is 1. The molecular formula is C17H22ClN3O2S. The smallest absolute Gasteiger partial charge is 0.235 e. The Morgan fingerprint density at radius 1 is 1.25 bits per heavy atom. The second-order valence-corrected chi connectivity index (χ2v) is 8.50. The van der Waals surface area contributed by atoms with E-state index < -0.39 is 15.3 Å². The van der Waals surface area contributed by atoms with Crippen LogP contribution in [0.4, 0.5) is 5.69 Å². The number of pyridine rings is 1. The molecule has 0 saturated heterocycles. The lowest BCUT2D eigenvalue weighted by Gasteiger charge is -2.11. The van der Waals surface area contributed by atoms with Gasteiger partial charge >= 0.3 is 0 Å². The van der Waals surface area contributed by atoms with Gasteiger partial charge in [0.15, 0.2) is 0 Å². The number of hydrogen-bond donors (Lipinski definition) is 2. The molecule has 130 valence electrons. The van der Waals surface area contributed by atoms with Crippen LogP contribution in [-0.4, -0.2) is 24.7 Å². The zero-order valence-corrected chi connectivity index (χ0v) is 15.3. The van der Waals surface area contributed by atoms with Crippen LogP contribution in [-0.2, 0) is 10.0 Å². The maximum absolute atomic E-state index is 12.0. The number of rotatable bonds is 5. The molecular weight excluding hydrogens is 346 g/mol. The Balaban J connectivity index is 0.00000208. The summed E-state index contributed by atoms with van der Waals surface area (Å²) in [4.78, 5) is 4.48. The second kappa shape index (κ2) is 7.09. The van der Waals surface area contributed by atoms with Crippen LogP contribution in [0.3, 0.4) is 0 Å². The van der Waals surface area contributed by atoms with Crippen molar-refractivity contribution in [3.05, 3.63) is 48.2 Å². The molecule has 1 aliphatic rings. The highest BCUT2D eigenvalue weighted by atomic mass is 35.5. The predicted octanol–water partition coefficient (Wildman–Crippen LogP) is 3.14. The van der Waals surface area contributed by atoms with Crippen LogP contribution in [0.25, 0.3) is 11.3 Å². The minimum atomic E-state index is -3.35. The summed E-state index contributed by atoms with van der Waals surface area (Å²) >= 11 is 0. The Kier molecular flexibility index (Phi) is 5.52. The van der Waals surface area contributed by atoms with Gasteiger partial charge in [0.1, 0.15) is 0 Å². The third-order valence-corrected chi connectivity index (χ3v) is 5.85. The van der Waals surface area contributed by atoms with Crippen molar-refractivity contribution < 1.29 is 8.42 Å². The molecule has 0 aliphatic heterocycles. The van der Waals surface area contributed by atoms with E-state index in [1.54, 1.807) is 26.0 Å². The highest BCUT2D eigenvalue weighted by molar-refractivity contribution is 7.93. The molecule has 1 saturated carbocycles. The van der Waals surface area contributed by atoms with Crippen molar-refractivity contribution in [2.45, 2.75) is 37.5 Å². The van der Waals surface area contributed by atoms with Gasteiger partial charge < -0.3 is 5.73 Å². The van der Waals surface area contributed by atoms with Gasteiger partial charge in [-0.25, -0.2) is 8.42 Å². The maximum Gasteiger partial charge on any atom is 0.235 e. The molecule has 24 heavy (non-hydrogen) atoms. The van der Waals surface area contributed by atoms with E-state index in [0.717, 1.165) is 23.2 Å². The summed E-state index contributed by atoms with van der Waals surface area (Å²) in [5, 5.41) is -0.480. The minimum absolute atomic E-state index is 0. The first kappa shape index (κ1) is 18.7. The monoisotopic (exact) mass is 367 g/mol. The average Bonchev–Trinajstić information content (AvgIpc) is 3.24. The number of nitrogens with two attached hydrogens (primary N) is 1. The first-order chi connectivity index (χ1) is 10.9. The molecule has 1 heterocycles. The molecule has 1 aromatic heterocycles. The maximum atomic E-state index is 12.0. The summed E-state index contributed by atoms with van der Waals surface area (Å²) in [6.45, 7) is 3.30. The summed E-state index contributed by atoms with van der Waals surface area (Å²) in [5.74, 6) is 0.431. The number of halogens is 1. The SMILES string of the molecule is CC(C)S(=O)(=O)Nc1cccc(-c2ccc(C3CC3N)cn2)c1.Cl. The van der Waals surface area contributed by atoms with Gasteiger partial charge in [-0.05, 0) is 44.0 Å². The molecule has 1 aliphatic carbocycles. The quantitative estimate of drug-likeness (QED) is 0.850. The number of nitrogens with zero attached hydrogens (tertiary/aromatic N) is 1. The number of benzene rings is 1. The molecule has 1 fully saturated rings. The lowest BCUT2D eigenvalue weighted by Crippen LogP contribution is -2.22. The standard InChI is InChI=1S/C17H21N3O2S.ClH/c1-11(2)23(21,22)20-14-5-3-4-12(8-14)17-7-6-13(10-19-17)15-9-16(15)18;/h3-8,10-11,15-16,20H,9,18H2,1-2H3;1H. The number of nitrogens with one attached hydrogen (secondary N) is 1. The summed E-state index contributed by atoms with van der Waals surface area (Å²) in [6.07, 6.45) is 2.88. The Hall–Kier alpha value is -1.63. The fourth-order valence-electron chi connectivity index (χ4n) is 2.42. The van der Waals surface area contributed by atoms with Crippen molar-refractivity contribution in [2.24, 2.45) is 5.73 Å². The highest BCUT2D eigenvalue weighted by Crippen LogP contribution is 2.38. The molecule has 0 amide bonds. The lowest BCUT2D eigenvalue weighted by molar-refractivity contribution is 0.593. The highest BCUT2D eigenvalue weighted by Gasteiger charge is 2.34. The Morgan fingerprint density at radius 3 is 2.50 bits per heavy atom. The van der Waals surface area contributed by atoms with Crippen molar-refractivity contribution in [3.8, 4) is 11.3 Å². The van der Waals surface area contributed by atoms with Gasteiger partial charge in [-0.15, -0.1) is 12.4 Å². The third-order valence-electron chi connectivity index (χ3n) is 4.09. The van der Waals surface area contributed by atoms with Gasteiger partial charge in [-0.1, -0.05) is 18.2 Å². The first-order valence-corrected chi connectivity index (χ1v) is 9.25. The summed E-state index contributed by atoms with van der Waals surface area (Å²) < 4.78 is 26.5. The number of aromatic nitrogens is 1. The molecule has 2 atom stereocenters. The van der Waals surface area contributed by atoms with E-state index in [4.69, 9.17) is 5.73 Å². The van der Waals surface area contributed by atoms with Gasteiger partial charge in [0, 0.05) is 29.4 Å². The molecule has 0 spiro atoms. The Morgan fingerprint density at radius 2 is 1.96 bits per heavy atom. The van der Waals surface area contributed by atoms with Gasteiger partial charge in [-0.2, -0.15) is 0 Å². The van der Waals surface area contributed by atoms with Crippen LogP contribution in [0.15, 0.2) is 42.6 Å². The van der Waals surface area contributed by atoms with Crippen molar-refractivity contribution in [1.82, 2.24) is 4.98 Å². The molecule has 7 heteroatoms. The minimum Gasteiger partial charge on any atom is -0.327 e. The molecule has 1 aromatic carbocycles. The van der Waals surface area contributed by atoms with Gasteiger partial charge in [-0.3, -0.25) is 9.71 Å². The van der Waals surface area contributed by atoms with Crippen LogP contribution < -0.4 is 10.5 Å². The zero-order valence-electron chi connectivity index (χ0n) is 13.6. The molecule has 2 aromatic rings. The van der Waals surface area contributed by atoms with Gasteiger partial charge in [0.2, 0.25) is 10.0 Å². The van der Waals surface area contributed by atoms with Crippen LogP contribution in [0.2, 0.25) is 0 Å². The second-order valence-electron chi connectivity index (χ2n) is 6.26. The Bertz CT molecular complexity index is 807. The van der Waals surface area contributed by atoms with E-state index in [1.165, 1.54) is 0 Å². The van der Waals surface area contributed by atoms with Gasteiger partial charge in [0.25, 0.3) is 0 Å². The average molecular weight is 368 g/mol. The summed E-state index contributed by atoms with van der Waals surface area (Å²) in [7, 11) is -3.35. The van der Waals surface area contributed by atoms with Gasteiger partial charge in [0.05, 0.1) is 10.9 Å². The van der Waals surface area contributed by atoms with E-state index in [1.807, 2.05) is 30.5 Å². The lowest BCUT2D eigenvalue weighted by atomic mass is 10.1. The first-order valence-electron chi connectivity index (χ1n) is 7.70. The molecule has 3 N–H and O–H groups in total. The van der Waals surface area contributed by atoms with Crippen molar-refractivity contribution in [2.75, 3.05) is 4.72 Å². The molecule has 5 nitrogen and oxygen atoms in total. The van der Waals surface area contributed by atoms with Crippen LogP contribution in [0, 0.1) is 0 Å². The molecule has 0 bridgehead atoms. The van der Waals surface area contributed by atoms with Crippen LogP contribution >= 0.6 is 12.4 Å². The largest absolute Gasteiger partial charge is 0.327 e. The topological polar surface area (TPSA) is 85.1 Å². The van der Waals surface area contributed by atoms with E-state index in [0.29, 0.717) is 11.6 Å². The van der Waals surface area contributed by atoms with Crippen LogP contribution in [0.1, 0.15) is 31.7 Å². The zero-order chi connectivity index (χ0) is 16.6. The fourth-order valence-corrected chi connectivity index (χ4v) is 3.11. The summed E-state index contributed by atoms with van der Waals surface area (Å²) in [6, 6.07) is 11.5. The molecule has 0 radical (unpaired) electrons. The molecule has 3 rings (SSSR count). The predicted molar refractivity (Wildman–Crippen MR) is 99.9 cm³/mol. The number of anilines is 1. The third kappa shape index (κ3) is 4.06. The van der Waals surface area contributed by atoms with Crippen molar-refractivity contribution in [3.63, 3.8) is 0 Å². The molecule has 2 unspecified atom stereocenters. The fraction of sp³-hybridized carbons (Fsp3) is 0.353. The normalized spacial score (nSPS) is 19.7. The van der Waals surface area contributed by atoms with E-state index in [-0.39, 0.29) is 18.4 Å². The van der Waals surface area contributed by atoms with Crippen molar-refractivity contribution >= 4 is 28.1 Å². The van der Waals surface area contributed by atoms with E-state index in [9.17, 15) is 8.42 Å². The van der Waals surface area contributed by atoms with E-state index >= 15 is 0 Å². The van der Waals surface area contributed by atoms with E-state index in [2.05, 4.69) is 9.71 Å². The van der Waals surface area contributed by atoms with Crippen molar-refractivity contribution in [1.29, 1.82) is 0 Å². The summed E-state index contributed by atoms with van der Waals surface area (Å²) in [5.41, 5.74) is 9.26. The Labute approximate surface area is 149 Å². The number of hydrogen-bond acceptors (Lipinski definition) is 4. The van der Waals surface area contributed by atoms with Crippen LogP contribution in [0.5, 0.6) is 0 Å².